The van der Waals surface area contributed by atoms with Gasteiger partial charge in [0, 0.05) is 13.1 Å². The van der Waals surface area contributed by atoms with Gasteiger partial charge in [0.25, 0.3) is 11.1 Å². The third kappa shape index (κ3) is 6.52. The molecule has 0 unspecified atom stereocenters. The van der Waals surface area contributed by atoms with E-state index in [1.807, 2.05) is 25.1 Å². The van der Waals surface area contributed by atoms with E-state index in [1.165, 1.54) is 0 Å². The number of morpholine rings is 1. The van der Waals surface area contributed by atoms with E-state index < -0.39 is 17.1 Å². The van der Waals surface area contributed by atoms with Crippen LogP contribution in [0.2, 0.25) is 0 Å². The van der Waals surface area contributed by atoms with Gasteiger partial charge in [0.1, 0.15) is 13.2 Å². The molecule has 2 aliphatic heterocycles. The molecule has 1 N–H and O–H groups in total. The average molecular weight is 524 g/mol. The Bertz CT molecular complexity index is 1210. The topological polar surface area (TPSA) is 97.4 Å². The first-order chi connectivity index (χ1) is 18.0. The van der Waals surface area contributed by atoms with Crippen LogP contribution in [0.1, 0.15) is 12.5 Å². The Morgan fingerprint density at radius 3 is 2.68 bits per heavy atom. The molecule has 10 heteroatoms. The van der Waals surface area contributed by atoms with Crippen LogP contribution >= 0.6 is 11.8 Å². The lowest BCUT2D eigenvalue weighted by atomic mass is 10.2. The number of amides is 3. The Balaban J connectivity index is 1.45. The maximum absolute atomic E-state index is 13.0. The molecule has 0 aliphatic carbocycles. The molecule has 2 heterocycles. The smallest absolute Gasteiger partial charge is 0.294 e. The number of nitrogens with one attached hydrogen (secondary N) is 1. The minimum Gasteiger partial charge on any atom is -0.490 e. The molecule has 2 fully saturated rings. The zero-order valence-corrected chi connectivity index (χ0v) is 21.4. The van der Waals surface area contributed by atoms with Gasteiger partial charge in [0.05, 0.1) is 36.1 Å². The van der Waals surface area contributed by atoms with E-state index in [-0.39, 0.29) is 11.4 Å². The molecule has 194 valence electrons. The van der Waals surface area contributed by atoms with Gasteiger partial charge in [-0.25, -0.2) is 0 Å². The average Bonchev–Trinajstić information content (AvgIpc) is 3.16. The number of benzene rings is 2. The molecule has 4 rings (SSSR count). The number of carbonyl (C=O) groups excluding carboxylic acids is 3. The second-order valence-corrected chi connectivity index (χ2v) is 9.16. The monoisotopic (exact) mass is 523 g/mol. The molecule has 0 spiro atoms. The van der Waals surface area contributed by atoms with Crippen molar-refractivity contribution in [2.24, 2.45) is 0 Å². The standard InChI is InChI=1S/C27H29N3O6S/c1-3-13-36-22-10-9-19(16-23(22)35-4-2)17-24-26(32)30(27(33)37-24)18-25(31)28-20-7-5-6-8-21(20)29-11-14-34-15-12-29/h3,5-10,16-17H,1,4,11-15,18H2,2H3,(H,28,31)/b24-17+. The van der Waals surface area contributed by atoms with Gasteiger partial charge in [0.2, 0.25) is 5.91 Å². The number of hydrogen-bond donors (Lipinski definition) is 1. The Labute approximate surface area is 220 Å². The summed E-state index contributed by atoms with van der Waals surface area (Å²) in [4.78, 5) is 41.7. The largest absolute Gasteiger partial charge is 0.490 e. The molecule has 0 saturated carbocycles. The minimum atomic E-state index is -0.517. The summed E-state index contributed by atoms with van der Waals surface area (Å²) < 4.78 is 16.7. The zero-order chi connectivity index (χ0) is 26.2. The van der Waals surface area contributed by atoms with E-state index in [4.69, 9.17) is 14.2 Å². The maximum atomic E-state index is 13.0. The predicted molar refractivity (Wildman–Crippen MR) is 144 cm³/mol. The summed E-state index contributed by atoms with van der Waals surface area (Å²) in [5, 5.41) is 2.35. The van der Waals surface area contributed by atoms with E-state index in [0.29, 0.717) is 62.3 Å². The fourth-order valence-electron chi connectivity index (χ4n) is 3.93. The minimum absolute atomic E-state index is 0.230. The van der Waals surface area contributed by atoms with Gasteiger partial charge in [-0.2, -0.15) is 0 Å². The molecule has 2 aromatic rings. The van der Waals surface area contributed by atoms with Crippen molar-refractivity contribution in [3.8, 4) is 11.5 Å². The van der Waals surface area contributed by atoms with Crippen LogP contribution in [0.4, 0.5) is 16.2 Å². The van der Waals surface area contributed by atoms with Crippen molar-refractivity contribution in [2.75, 3.05) is 56.3 Å². The number of rotatable bonds is 10. The van der Waals surface area contributed by atoms with Gasteiger partial charge in [-0.15, -0.1) is 0 Å². The third-order valence-electron chi connectivity index (χ3n) is 5.63. The van der Waals surface area contributed by atoms with Crippen LogP contribution in [0.25, 0.3) is 6.08 Å². The van der Waals surface area contributed by atoms with Crippen LogP contribution in [-0.4, -0.2) is 68.0 Å². The molecule has 0 radical (unpaired) electrons. The molecule has 0 atom stereocenters. The van der Waals surface area contributed by atoms with Crippen molar-refractivity contribution < 1.29 is 28.6 Å². The van der Waals surface area contributed by atoms with Crippen molar-refractivity contribution in [2.45, 2.75) is 6.92 Å². The lowest BCUT2D eigenvalue weighted by Gasteiger charge is -2.30. The summed E-state index contributed by atoms with van der Waals surface area (Å²) in [6.07, 6.45) is 3.24. The highest BCUT2D eigenvalue weighted by Crippen LogP contribution is 2.35. The Kier molecular flexibility index (Phi) is 8.86. The SMILES string of the molecule is C=CCOc1ccc(/C=C2/SC(=O)N(CC(=O)Nc3ccccc3N3CCOCC3)C2=O)cc1OCC. The fraction of sp³-hybridized carbons (Fsp3) is 0.296. The third-order valence-corrected chi connectivity index (χ3v) is 6.53. The summed E-state index contributed by atoms with van der Waals surface area (Å²) in [7, 11) is 0. The molecule has 0 aromatic heterocycles. The summed E-state index contributed by atoms with van der Waals surface area (Å²) >= 11 is 0.799. The van der Waals surface area contributed by atoms with E-state index in [0.717, 1.165) is 22.3 Å². The molecule has 3 amide bonds. The molecule has 9 nitrogen and oxygen atoms in total. The first-order valence-electron chi connectivity index (χ1n) is 12.0. The zero-order valence-electron chi connectivity index (χ0n) is 20.6. The summed E-state index contributed by atoms with van der Waals surface area (Å²) in [6.45, 7) is 8.55. The van der Waals surface area contributed by atoms with Crippen LogP contribution in [-0.2, 0) is 14.3 Å². The normalized spacial score (nSPS) is 16.7. The molecule has 2 aliphatic rings. The van der Waals surface area contributed by atoms with E-state index in [9.17, 15) is 14.4 Å². The molecular weight excluding hydrogens is 494 g/mol. The number of hydrogen-bond acceptors (Lipinski definition) is 8. The van der Waals surface area contributed by atoms with Crippen LogP contribution in [0.15, 0.2) is 60.0 Å². The van der Waals surface area contributed by atoms with Crippen LogP contribution in [0.5, 0.6) is 11.5 Å². The number of anilines is 2. The Hall–Kier alpha value is -3.76. The summed E-state index contributed by atoms with van der Waals surface area (Å²) in [5.74, 6) is 0.111. The van der Waals surface area contributed by atoms with Crippen LogP contribution < -0.4 is 19.7 Å². The first-order valence-corrected chi connectivity index (χ1v) is 12.8. The Morgan fingerprint density at radius 1 is 1.14 bits per heavy atom. The molecule has 37 heavy (non-hydrogen) atoms. The number of para-hydroxylation sites is 2. The highest BCUT2D eigenvalue weighted by atomic mass is 32.2. The maximum Gasteiger partial charge on any atom is 0.294 e. The van der Waals surface area contributed by atoms with Gasteiger partial charge in [0.15, 0.2) is 11.5 Å². The quantitative estimate of drug-likeness (QED) is 0.366. The Morgan fingerprint density at radius 2 is 1.92 bits per heavy atom. The highest BCUT2D eigenvalue weighted by Gasteiger charge is 2.36. The molecule has 2 aromatic carbocycles. The van der Waals surface area contributed by atoms with Crippen molar-refractivity contribution in [3.05, 3.63) is 65.6 Å². The lowest BCUT2D eigenvalue weighted by molar-refractivity contribution is -0.127. The van der Waals surface area contributed by atoms with Crippen LogP contribution in [0, 0.1) is 0 Å². The van der Waals surface area contributed by atoms with Crippen molar-refractivity contribution in [1.29, 1.82) is 0 Å². The van der Waals surface area contributed by atoms with Gasteiger partial charge in [-0.1, -0.05) is 30.9 Å². The summed E-state index contributed by atoms with van der Waals surface area (Å²) in [6, 6.07) is 12.7. The number of nitrogens with zero attached hydrogens (tertiary/aromatic N) is 2. The molecule has 0 bridgehead atoms. The number of imide groups is 1. The summed E-state index contributed by atoms with van der Waals surface area (Å²) in [5.41, 5.74) is 2.17. The van der Waals surface area contributed by atoms with Crippen molar-refractivity contribution in [3.63, 3.8) is 0 Å². The second kappa shape index (κ2) is 12.5. The van der Waals surface area contributed by atoms with Crippen molar-refractivity contribution >= 4 is 46.3 Å². The number of carbonyl (C=O) groups is 3. The molecule has 2 saturated heterocycles. The van der Waals surface area contributed by atoms with Crippen molar-refractivity contribution in [1.82, 2.24) is 4.90 Å². The van der Waals surface area contributed by atoms with Crippen LogP contribution in [0.3, 0.4) is 0 Å². The highest BCUT2D eigenvalue weighted by molar-refractivity contribution is 8.18. The second-order valence-electron chi connectivity index (χ2n) is 8.17. The van der Waals surface area contributed by atoms with Gasteiger partial charge < -0.3 is 24.4 Å². The van der Waals surface area contributed by atoms with E-state index in [1.54, 1.807) is 36.4 Å². The first kappa shape index (κ1) is 26.3. The van der Waals surface area contributed by atoms with E-state index >= 15 is 0 Å². The van der Waals surface area contributed by atoms with Gasteiger partial charge >= 0.3 is 0 Å². The fourth-order valence-corrected chi connectivity index (χ4v) is 4.77. The van der Waals surface area contributed by atoms with E-state index in [2.05, 4.69) is 16.8 Å². The lowest BCUT2D eigenvalue weighted by Crippen LogP contribution is -2.38. The predicted octanol–water partition coefficient (Wildman–Crippen LogP) is 4.16. The number of thioether (sulfide) groups is 1. The molecular formula is C27H29N3O6S. The number of ether oxygens (including phenoxy) is 3. The van der Waals surface area contributed by atoms with Gasteiger partial charge in [-0.3, -0.25) is 19.3 Å². The van der Waals surface area contributed by atoms with Gasteiger partial charge in [-0.05, 0) is 54.6 Å².